The highest BCUT2D eigenvalue weighted by molar-refractivity contribution is 4.93. The SMILES string of the molecule is CC1CCC(CNC2CC2)(CN2CC(C)CC(C)C2)CC1. The van der Waals surface area contributed by atoms with Crippen molar-refractivity contribution >= 4 is 0 Å². The van der Waals surface area contributed by atoms with Crippen molar-refractivity contribution in [3.05, 3.63) is 0 Å². The first-order chi connectivity index (χ1) is 10.0. The molecule has 2 atom stereocenters. The average Bonchev–Trinajstić information content (AvgIpc) is 3.23. The van der Waals surface area contributed by atoms with Crippen LogP contribution in [0.2, 0.25) is 0 Å². The maximum absolute atomic E-state index is 3.87. The van der Waals surface area contributed by atoms with Crippen molar-refractivity contribution in [1.82, 2.24) is 10.2 Å². The minimum Gasteiger partial charge on any atom is -0.313 e. The van der Waals surface area contributed by atoms with E-state index in [1.807, 2.05) is 0 Å². The molecule has 1 heterocycles. The first kappa shape index (κ1) is 15.8. The molecule has 2 unspecified atom stereocenters. The number of likely N-dealkylation sites (tertiary alicyclic amines) is 1. The van der Waals surface area contributed by atoms with Crippen LogP contribution in [0.5, 0.6) is 0 Å². The summed E-state index contributed by atoms with van der Waals surface area (Å²) in [5.41, 5.74) is 0.575. The molecule has 2 aliphatic carbocycles. The van der Waals surface area contributed by atoms with E-state index in [9.17, 15) is 0 Å². The van der Waals surface area contributed by atoms with Gasteiger partial charge in [-0.1, -0.05) is 33.6 Å². The van der Waals surface area contributed by atoms with Gasteiger partial charge in [0.05, 0.1) is 0 Å². The molecule has 3 aliphatic rings. The summed E-state index contributed by atoms with van der Waals surface area (Å²) in [6, 6.07) is 0.862. The fraction of sp³-hybridized carbons (Fsp3) is 1.00. The normalized spacial score (nSPS) is 42.1. The third-order valence-electron chi connectivity index (χ3n) is 6.18. The lowest BCUT2D eigenvalue weighted by Crippen LogP contribution is -2.50. The van der Waals surface area contributed by atoms with Crippen molar-refractivity contribution in [2.45, 2.75) is 71.8 Å². The molecule has 3 fully saturated rings. The average molecular weight is 293 g/mol. The van der Waals surface area contributed by atoms with E-state index >= 15 is 0 Å². The second-order valence-electron chi connectivity index (χ2n) is 8.98. The molecule has 1 aliphatic heterocycles. The minimum atomic E-state index is 0.575. The zero-order valence-electron chi connectivity index (χ0n) is 14.5. The molecule has 0 aromatic heterocycles. The smallest absolute Gasteiger partial charge is 0.00684 e. The van der Waals surface area contributed by atoms with E-state index in [-0.39, 0.29) is 0 Å². The summed E-state index contributed by atoms with van der Waals surface area (Å²) in [6.45, 7) is 12.7. The monoisotopic (exact) mass is 292 g/mol. The number of hydrogen-bond acceptors (Lipinski definition) is 2. The molecule has 122 valence electrons. The zero-order chi connectivity index (χ0) is 14.9. The molecule has 0 spiro atoms. The molecule has 3 rings (SSSR count). The van der Waals surface area contributed by atoms with Crippen molar-refractivity contribution in [1.29, 1.82) is 0 Å². The van der Waals surface area contributed by atoms with E-state index in [4.69, 9.17) is 0 Å². The maximum atomic E-state index is 3.87. The zero-order valence-corrected chi connectivity index (χ0v) is 14.5. The second kappa shape index (κ2) is 6.58. The van der Waals surface area contributed by atoms with Gasteiger partial charge in [0.15, 0.2) is 0 Å². The van der Waals surface area contributed by atoms with Gasteiger partial charge in [-0.05, 0) is 55.3 Å². The van der Waals surface area contributed by atoms with Crippen molar-refractivity contribution in [3.8, 4) is 0 Å². The Kier molecular flexibility index (Phi) is 4.95. The second-order valence-corrected chi connectivity index (χ2v) is 8.98. The van der Waals surface area contributed by atoms with Gasteiger partial charge in [0, 0.05) is 32.2 Å². The molecule has 2 heteroatoms. The number of hydrogen-bond donors (Lipinski definition) is 1. The fourth-order valence-corrected chi connectivity index (χ4v) is 4.81. The minimum absolute atomic E-state index is 0.575. The number of piperidine rings is 1. The highest BCUT2D eigenvalue weighted by atomic mass is 15.1. The topological polar surface area (TPSA) is 15.3 Å². The Labute approximate surface area is 132 Å². The van der Waals surface area contributed by atoms with Crippen LogP contribution in [0.1, 0.15) is 65.7 Å². The van der Waals surface area contributed by atoms with Crippen LogP contribution in [-0.4, -0.2) is 37.1 Å². The van der Waals surface area contributed by atoms with E-state index in [1.165, 1.54) is 71.1 Å². The van der Waals surface area contributed by atoms with E-state index in [0.29, 0.717) is 5.41 Å². The Morgan fingerprint density at radius 1 is 0.905 bits per heavy atom. The Balaban J connectivity index is 1.60. The van der Waals surface area contributed by atoms with Gasteiger partial charge < -0.3 is 10.2 Å². The number of rotatable bonds is 5. The van der Waals surface area contributed by atoms with Crippen LogP contribution in [0, 0.1) is 23.2 Å². The summed E-state index contributed by atoms with van der Waals surface area (Å²) in [5, 5.41) is 3.87. The van der Waals surface area contributed by atoms with E-state index in [0.717, 1.165) is 23.8 Å². The molecule has 0 bridgehead atoms. The van der Waals surface area contributed by atoms with Crippen LogP contribution in [-0.2, 0) is 0 Å². The largest absolute Gasteiger partial charge is 0.313 e. The third kappa shape index (κ3) is 4.45. The first-order valence-electron chi connectivity index (χ1n) is 9.50. The van der Waals surface area contributed by atoms with Crippen LogP contribution in [0.3, 0.4) is 0 Å². The summed E-state index contributed by atoms with van der Waals surface area (Å²) >= 11 is 0. The van der Waals surface area contributed by atoms with Gasteiger partial charge in [0.25, 0.3) is 0 Å². The van der Waals surface area contributed by atoms with E-state index in [2.05, 4.69) is 31.0 Å². The standard InChI is InChI=1S/C19H36N2/c1-15-6-8-19(9-7-15,13-20-18-4-5-18)14-21-11-16(2)10-17(3)12-21/h15-18,20H,4-14H2,1-3H3. The van der Waals surface area contributed by atoms with Gasteiger partial charge in [0.2, 0.25) is 0 Å². The third-order valence-corrected chi connectivity index (χ3v) is 6.18. The van der Waals surface area contributed by atoms with Crippen molar-refractivity contribution < 1.29 is 0 Å². The maximum Gasteiger partial charge on any atom is 0.00684 e. The summed E-state index contributed by atoms with van der Waals surface area (Å²) in [7, 11) is 0. The summed E-state index contributed by atoms with van der Waals surface area (Å²) < 4.78 is 0. The molecule has 1 N–H and O–H groups in total. The molecule has 0 amide bonds. The fourth-order valence-electron chi connectivity index (χ4n) is 4.81. The van der Waals surface area contributed by atoms with Crippen molar-refractivity contribution in [2.24, 2.45) is 23.2 Å². The van der Waals surface area contributed by atoms with Gasteiger partial charge in [-0.25, -0.2) is 0 Å². The van der Waals surface area contributed by atoms with Crippen LogP contribution in [0.4, 0.5) is 0 Å². The van der Waals surface area contributed by atoms with Gasteiger partial charge in [-0.2, -0.15) is 0 Å². The molecular formula is C19H36N2. The van der Waals surface area contributed by atoms with Crippen LogP contribution in [0.15, 0.2) is 0 Å². The lowest BCUT2D eigenvalue weighted by molar-refractivity contribution is 0.0492. The van der Waals surface area contributed by atoms with Crippen LogP contribution >= 0.6 is 0 Å². The van der Waals surface area contributed by atoms with E-state index in [1.54, 1.807) is 0 Å². The van der Waals surface area contributed by atoms with Gasteiger partial charge in [-0.3, -0.25) is 0 Å². The van der Waals surface area contributed by atoms with Gasteiger partial charge in [-0.15, -0.1) is 0 Å². The Bertz CT molecular complexity index is 318. The summed E-state index contributed by atoms with van der Waals surface area (Å²) in [6.07, 6.45) is 10.1. The molecule has 2 saturated carbocycles. The van der Waals surface area contributed by atoms with Gasteiger partial charge in [0.1, 0.15) is 0 Å². The number of nitrogens with zero attached hydrogens (tertiary/aromatic N) is 1. The first-order valence-corrected chi connectivity index (χ1v) is 9.50. The summed E-state index contributed by atoms with van der Waals surface area (Å²) in [5.74, 6) is 2.74. The quantitative estimate of drug-likeness (QED) is 0.826. The Hall–Kier alpha value is -0.0800. The van der Waals surface area contributed by atoms with Gasteiger partial charge >= 0.3 is 0 Å². The Morgan fingerprint density at radius 3 is 2.10 bits per heavy atom. The van der Waals surface area contributed by atoms with Crippen molar-refractivity contribution in [3.63, 3.8) is 0 Å². The van der Waals surface area contributed by atoms with Crippen molar-refractivity contribution in [2.75, 3.05) is 26.2 Å². The molecule has 2 nitrogen and oxygen atoms in total. The predicted molar refractivity (Wildman–Crippen MR) is 90.5 cm³/mol. The number of nitrogens with one attached hydrogen (secondary N) is 1. The van der Waals surface area contributed by atoms with E-state index < -0.39 is 0 Å². The highest BCUT2D eigenvalue weighted by Gasteiger charge is 2.38. The molecule has 21 heavy (non-hydrogen) atoms. The lowest BCUT2D eigenvalue weighted by atomic mass is 9.70. The van der Waals surface area contributed by atoms with Crippen LogP contribution in [0.25, 0.3) is 0 Å². The molecule has 1 saturated heterocycles. The molecular weight excluding hydrogens is 256 g/mol. The molecule has 0 radical (unpaired) electrons. The highest BCUT2D eigenvalue weighted by Crippen LogP contribution is 2.40. The predicted octanol–water partition coefficient (Wildman–Crippen LogP) is 3.91. The summed E-state index contributed by atoms with van der Waals surface area (Å²) in [4.78, 5) is 2.81. The molecule has 0 aromatic carbocycles. The lowest BCUT2D eigenvalue weighted by Gasteiger charge is -2.46. The molecule has 0 aromatic rings. The van der Waals surface area contributed by atoms with Crippen LogP contribution < -0.4 is 5.32 Å². The Morgan fingerprint density at radius 2 is 1.52 bits per heavy atom.